The summed E-state index contributed by atoms with van der Waals surface area (Å²) in [5, 5.41) is 4.10. The van der Waals surface area contributed by atoms with Gasteiger partial charge in [0.1, 0.15) is 0 Å². The van der Waals surface area contributed by atoms with Crippen molar-refractivity contribution in [3.63, 3.8) is 0 Å². The van der Waals surface area contributed by atoms with Crippen molar-refractivity contribution in [3.05, 3.63) is 11.7 Å². The highest BCUT2D eigenvalue weighted by molar-refractivity contribution is 5.06. The van der Waals surface area contributed by atoms with Gasteiger partial charge in [0.05, 0.1) is 5.54 Å². The summed E-state index contributed by atoms with van der Waals surface area (Å²) in [5.74, 6) is 1.81. The zero-order chi connectivity index (χ0) is 12.3. The van der Waals surface area contributed by atoms with E-state index in [-0.39, 0.29) is 5.54 Å². The number of nitrogens with two attached hydrogens (primary N) is 1. The highest BCUT2D eigenvalue weighted by atomic mass is 16.5. The van der Waals surface area contributed by atoms with E-state index in [1.54, 1.807) is 0 Å². The average molecular weight is 237 g/mol. The van der Waals surface area contributed by atoms with Crippen LogP contribution < -0.4 is 5.73 Å². The van der Waals surface area contributed by atoms with E-state index >= 15 is 0 Å². The molecule has 1 atom stereocenters. The lowest BCUT2D eigenvalue weighted by atomic mass is 9.82. The van der Waals surface area contributed by atoms with E-state index in [0.717, 1.165) is 37.4 Å². The largest absolute Gasteiger partial charge is 0.339 e. The fourth-order valence-corrected chi connectivity index (χ4v) is 2.60. The highest BCUT2D eigenvalue weighted by Gasteiger charge is 2.34. The van der Waals surface area contributed by atoms with E-state index in [0.29, 0.717) is 5.92 Å². The molecule has 4 nitrogen and oxygen atoms in total. The summed E-state index contributed by atoms with van der Waals surface area (Å²) >= 11 is 0. The predicted molar refractivity (Wildman–Crippen MR) is 66.6 cm³/mol. The summed E-state index contributed by atoms with van der Waals surface area (Å²) in [7, 11) is 0. The Morgan fingerprint density at radius 3 is 2.71 bits per heavy atom. The molecule has 0 aromatic carbocycles. The third-order valence-electron chi connectivity index (χ3n) is 3.78. The van der Waals surface area contributed by atoms with E-state index in [4.69, 9.17) is 10.3 Å². The highest BCUT2D eigenvalue weighted by Crippen LogP contribution is 2.33. The molecule has 17 heavy (non-hydrogen) atoms. The first-order valence-corrected chi connectivity index (χ1v) is 6.78. The Balaban J connectivity index is 2.11. The first kappa shape index (κ1) is 12.6. The van der Waals surface area contributed by atoms with Crippen LogP contribution in [0.1, 0.15) is 76.4 Å². The lowest BCUT2D eigenvalue weighted by molar-refractivity contribution is 0.272. The van der Waals surface area contributed by atoms with Crippen LogP contribution in [-0.2, 0) is 5.54 Å². The molecule has 0 amide bonds. The second kappa shape index (κ2) is 5.17. The molecule has 96 valence electrons. The summed E-state index contributed by atoms with van der Waals surface area (Å²) in [5.41, 5.74) is 6.04. The normalized spacial score (nSPS) is 21.4. The summed E-state index contributed by atoms with van der Waals surface area (Å²) in [6, 6.07) is 0. The van der Waals surface area contributed by atoms with Gasteiger partial charge in [0, 0.05) is 5.92 Å². The zero-order valence-electron chi connectivity index (χ0n) is 10.9. The van der Waals surface area contributed by atoms with Gasteiger partial charge >= 0.3 is 0 Å². The van der Waals surface area contributed by atoms with Crippen molar-refractivity contribution in [2.24, 2.45) is 5.73 Å². The molecule has 2 N–H and O–H groups in total. The summed E-state index contributed by atoms with van der Waals surface area (Å²) in [6.07, 6.45) is 7.79. The molecule has 1 heterocycles. The van der Waals surface area contributed by atoms with E-state index in [2.05, 4.69) is 24.0 Å². The minimum Gasteiger partial charge on any atom is -0.339 e. The molecule has 1 aliphatic carbocycles. The van der Waals surface area contributed by atoms with Crippen molar-refractivity contribution in [1.82, 2.24) is 10.1 Å². The van der Waals surface area contributed by atoms with Gasteiger partial charge in [0.15, 0.2) is 5.82 Å². The van der Waals surface area contributed by atoms with Gasteiger partial charge in [-0.25, -0.2) is 0 Å². The average Bonchev–Trinajstić information content (AvgIpc) is 2.80. The van der Waals surface area contributed by atoms with Crippen LogP contribution in [0, 0.1) is 0 Å². The number of hydrogen-bond donors (Lipinski definition) is 1. The van der Waals surface area contributed by atoms with E-state index in [1.807, 2.05) is 0 Å². The lowest BCUT2D eigenvalue weighted by Gasteiger charge is -2.29. The molecule has 0 bridgehead atoms. The minimum atomic E-state index is -0.341. The Bertz CT molecular complexity index is 355. The number of rotatable bonds is 4. The lowest BCUT2D eigenvalue weighted by Crippen LogP contribution is -2.39. The fourth-order valence-electron chi connectivity index (χ4n) is 2.60. The van der Waals surface area contributed by atoms with Crippen LogP contribution in [0.25, 0.3) is 0 Å². The van der Waals surface area contributed by atoms with Gasteiger partial charge in [0.2, 0.25) is 5.89 Å². The van der Waals surface area contributed by atoms with Crippen LogP contribution in [0.5, 0.6) is 0 Å². The molecule has 1 aromatic rings. The number of aromatic nitrogens is 2. The molecule has 0 aliphatic heterocycles. The third-order valence-corrected chi connectivity index (χ3v) is 3.78. The molecule has 2 rings (SSSR count). The van der Waals surface area contributed by atoms with Gasteiger partial charge in [0.25, 0.3) is 0 Å². The summed E-state index contributed by atoms with van der Waals surface area (Å²) in [4.78, 5) is 4.52. The van der Waals surface area contributed by atoms with Gasteiger partial charge in [-0.1, -0.05) is 44.7 Å². The maximum absolute atomic E-state index is 6.38. The second-order valence-corrected chi connectivity index (χ2v) is 5.36. The molecular weight excluding hydrogens is 214 g/mol. The third kappa shape index (κ3) is 2.68. The van der Waals surface area contributed by atoms with Gasteiger partial charge in [-0.2, -0.15) is 4.98 Å². The fraction of sp³-hybridized carbons (Fsp3) is 0.846. The Morgan fingerprint density at radius 2 is 2.06 bits per heavy atom. The second-order valence-electron chi connectivity index (χ2n) is 5.36. The van der Waals surface area contributed by atoms with E-state index in [1.165, 1.54) is 19.3 Å². The van der Waals surface area contributed by atoms with Crippen molar-refractivity contribution < 1.29 is 4.52 Å². The van der Waals surface area contributed by atoms with Crippen LogP contribution in [0.2, 0.25) is 0 Å². The molecule has 1 unspecified atom stereocenters. The van der Waals surface area contributed by atoms with Gasteiger partial charge < -0.3 is 10.3 Å². The number of hydrogen-bond acceptors (Lipinski definition) is 4. The van der Waals surface area contributed by atoms with Crippen molar-refractivity contribution in [1.29, 1.82) is 0 Å². The van der Waals surface area contributed by atoms with Crippen LogP contribution in [0.15, 0.2) is 4.52 Å². The molecular formula is C13H23N3O. The standard InChI is InChI=1S/C13H23N3O/c1-3-7-10(2)11-15-12(16-17-11)13(14)8-5-4-6-9-13/h10H,3-9,14H2,1-2H3. The predicted octanol–water partition coefficient (Wildman–Crippen LogP) is 3.09. The monoisotopic (exact) mass is 237 g/mol. The Morgan fingerprint density at radius 1 is 1.35 bits per heavy atom. The summed E-state index contributed by atoms with van der Waals surface area (Å²) < 4.78 is 5.36. The van der Waals surface area contributed by atoms with E-state index < -0.39 is 0 Å². The summed E-state index contributed by atoms with van der Waals surface area (Å²) in [6.45, 7) is 4.30. The molecule has 0 radical (unpaired) electrons. The van der Waals surface area contributed by atoms with Crippen LogP contribution in [0.3, 0.4) is 0 Å². The minimum absolute atomic E-state index is 0.341. The maximum atomic E-state index is 6.38. The topological polar surface area (TPSA) is 64.9 Å². The number of nitrogens with zero attached hydrogens (tertiary/aromatic N) is 2. The maximum Gasteiger partial charge on any atom is 0.229 e. The molecule has 1 aromatic heterocycles. The van der Waals surface area contributed by atoms with E-state index in [9.17, 15) is 0 Å². The van der Waals surface area contributed by atoms with Gasteiger partial charge in [-0.05, 0) is 19.3 Å². The van der Waals surface area contributed by atoms with Crippen LogP contribution in [-0.4, -0.2) is 10.1 Å². The molecule has 1 saturated carbocycles. The Hall–Kier alpha value is -0.900. The Labute approximate surface area is 103 Å². The van der Waals surface area contributed by atoms with Crippen molar-refractivity contribution >= 4 is 0 Å². The molecule has 1 fully saturated rings. The van der Waals surface area contributed by atoms with Crippen LogP contribution in [0.4, 0.5) is 0 Å². The molecule has 4 heteroatoms. The quantitative estimate of drug-likeness (QED) is 0.874. The van der Waals surface area contributed by atoms with Crippen molar-refractivity contribution in [3.8, 4) is 0 Å². The van der Waals surface area contributed by atoms with Gasteiger partial charge in [-0.3, -0.25) is 0 Å². The van der Waals surface area contributed by atoms with Gasteiger partial charge in [-0.15, -0.1) is 0 Å². The molecule has 0 saturated heterocycles. The van der Waals surface area contributed by atoms with Crippen molar-refractivity contribution in [2.45, 2.75) is 70.3 Å². The Kier molecular flexibility index (Phi) is 3.82. The smallest absolute Gasteiger partial charge is 0.229 e. The molecule has 0 spiro atoms. The first-order valence-electron chi connectivity index (χ1n) is 6.78. The zero-order valence-corrected chi connectivity index (χ0v) is 10.9. The first-order chi connectivity index (χ1) is 8.15. The van der Waals surface area contributed by atoms with Crippen LogP contribution >= 0.6 is 0 Å². The van der Waals surface area contributed by atoms with Crippen molar-refractivity contribution in [2.75, 3.05) is 0 Å². The SMILES string of the molecule is CCCC(C)c1nc(C2(N)CCCCC2)no1. The molecule has 1 aliphatic rings.